The molecule has 0 fully saturated rings. The Morgan fingerprint density at radius 1 is 1.08 bits per heavy atom. The highest BCUT2D eigenvalue weighted by Gasteiger charge is 2.23. The Hall–Kier alpha value is -3.29. The number of aromatic nitrogens is 2. The van der Waals surface area contributed by atoms with Crippen molar-refractivity contribution in [1.82, 2.24) is 9.97 Å². The van der Waals surface area contributed by atoms with Crippen molar-refractivity contribution in [3.63, 3.8) is 0 Å². The van der Waals surface area contributed by atoms with E-state index in [9.17, 15) is 10.1 Å². The highest BCUT2D eigenvalue weighted by atomic mass is 16.6. The van der Waals surface area contributed by atoms with Crippen LogP contribution in [-0.4, -0.2) is 36.2 Å². The van der Waals surface area contributed by atoms with Gasteiger partial charge >= 0.3 is 5.69 Å². The zero-order chi connectivity index (χ0) is 17.3. The Balaban J connectivity index is 2.18. The minimum absolute atomic E-state index is 0.0732. The van der Waals surface area contributed by atoms with Gasteiger partial charge in [-0.1, -0.05) is 0 Å². The molecule has 0 amide bonds. The van der Waals surface area contributed by atoms with Crippen LogP contribution in [0, 0.1) is 10.1 Å². The monoisotopic (exact) mass is 329 g/mol. The summed E-state index contributed by atoms with van der Waals surface area (Å²) in [5, 5.41) is 11.3. The molecular formula is C16H15N3O5. The largest absolute Gasteiger partial charge is 0.497 e. The van der Waals surface area contributed by atoms with Crippen LogP contribution in [0.15, 0.2) is 30.3 Å². The summed E-state index contributed by atoms with van der Waals surface area (Å²) in [5.41, 5.74) is 1.82. The topological polar surface area (TPSA) is 99.5 Å². The van der Waals surface area contributed by atoms with Crippen LogP contribution in [0.1, 0.15) is 0 Å². The van der Waals surface area contributed by atoms with Crippen molar-refractivity contribution in [1.29, 1.82) is 0 Å². The molecule has 0 bridgehead atoms. The van der Waals surface area contributed by atoms with E-state index in [0.29, 0.717) is 17.1 Å². The number of imidazole rings is 1. The number of nitrogens with zero attached hydrogens (tertiary/aromatic N) is 2. The first-order chi connectivity index (χ1) is 11.6. The maximum Gasteiger partial charge on any atom is 0.315 e. The molecule has 0 aliphatic carbocycles. The molecule has 1 heterocycles. The van der Waals surface area contributed by atoms with Gasteiger partial charge in [-0.05, 0) is 18.2 Å². The van der Waals surface area contributed by atoms with Crippen LogP contribution in [0.5, 0.6) is 17.2 Å². The molecule has 124 valence electrons. The molecule has 0 unspecified atom stereocenters. The predicted octanol–water partition coefficient (Wildman–Crippen LogP) is 3.16. The second-order valence-corrected chi connectivity index (χ2v) is 4.96. The van der Waals surface area contributed by atoms with Crippen molar-refractivity contribution in [2.45, 2.75) is 0 Å². The lowest BCUT2D eigenvalue weighted by molar-refractivity contribution is -0.385. The fourth-order valence-electron chi connectivity index (χ4n) is 2.47. The van der Waals surface area contributed by atoms with Crippen LogP contribution in [0.25, 0.3) is 22.4 Å². The molecule has 8 nitrogen and oxygen atoms in total. The third kappa shape index (κ3) is 2.58. The molecule has 8 heteroatoms. The first-order valence-electron chi connectivity index (χ1n) is 7.02. The Morgan fingerprint density at radius 3 is 2.50 bits per heavy atom. The molecule has 0 saturated carbocycles. The Kier molecular flexibility index (Phi) is 3.95. The molecule has 1 N–H and O–H groups in total. The van der Waals surface area contributed by atoms with Crippen LogP contribution in [0.4, 0.5) is 5.69 Å². The van der Waals surface area contributed by atoms with Gasteiger partial charge in [0.2, 0.25) is 5.75 Å². The van der Waals surface area contributed by atoms with E-state index in [4.69, 9.17) is 14.2 Å². The standard InChI is InChI=1S/C16H15N3O5/c1-22-10-4-5-11-12(8-10)18-16(17-11)9-6-13(19(20)21)15(24-3)14(7-9)23-2/h4-8H,1-3H3,(H,17,18). The highest BCUT2D eigenvalue weighted by molar-refractivity contribution is 5.82. The van der Waals surface area contributed by atoms with Crippen molar-refractivity contribution < 1.29 is 19.1 Å². The van der Waals surface area contributed by atoms with Gasteiger partial charge in [0.05, 0.1) is 37.3 Å². The zero-order valence-corrected chi connectivity index (χ0v) is 13.3. The summed E-state index contributed by atoms with van der Waals surface area (Å²) >= 11 is 0. The Morgan fingerprint density at radius 2 is 1.88 bits per heavy atom. The van der Waals surface area contributed by atoms with Crippen LogP contribution < -0.4 is 14.2 Å². The average molecular weight is 329 g/mol. The SMILES string of the molecule is COc1ccc2nc(-c3cc(OC)c(OC)c([N+](=O)[O-])c3)[nH]c2c1. The molecule has 2 aromatic carbocycles. The fourth-order valence-corrected chi connectivity index (χ4v) is 2.47. The summed E-state index contributed by atoms with van der Waals surface area (Å²) < 4.78 is 15.5. The van der Waals surface area contributed by atoms with Gasteiger partial charge in [-0.15, -0.1) is 0 Å². The normalized spacial score (nSPS) is 10.6. The third-order valence-electron chi connectivity index (χ3n) is 3.62. The van der Waals surface area contributed by atoms with E-state index in [1.54, 1.807) is 25.3 Å². The van der Waals surface area contributed by atoms with E-state index in [1.165, 1.54) is 20.3 Å². The summed E-state index contributed by atoms with van der Waals surface area (Å²) in [4.78, 5) is 18.4. The van der Waals surface area contributed by atoms with Gasteiger partial charge in [-0.25, -0.2) is 4.98 Å². The second kappa shape index (κ2) is 6.07. The summed E-state index contributed by atoms with van der Waals surface area (Å²) in [6, 6.07) is 8.45. The number of nitro groups is 1. The van der Waals surface area contributed by atoms with E-state index in [2.05, 4.69) is 9.97 Å². The maximum atomic E-state index is 11.3. The molecule has 0 radical (unpaired) electrons. The number of ether oxygens (including phenoxy) is 3. The van der Waals surface area contributed by atoms with Crippen LogP contribution >= 0.6 is 0 Å². The van der Waals surface area contributed by atoms with Crippen LogP contribution in [0.2, 0.25) is 0 Å². The van der Waals surface area contributed by atoms with E-state index in [-0.39, 0.29) is 17.2 Å². The molecular weight excluding hydrogens is 314 g/mol. The number of nitro benzene ring substituents is 1. The fraction of sp³-hybridized carbons (Fsp3) is 0.188. The summed E-state index contributed by atoms with van der Waals surface area (Å²) in [7, 11) is 4.36. The Bertz CT molecular complexity index is 919. The van der Waals surface area contributed by atoms with Crippen molar-refractivity contribution in [3.05, 3.63) is 40.4 Å². The first-order valence-corrected chi connectivity index (χ1v) is 7.02. The number of hydrogen-bond donors (Lipinski definition) is 1. The molecule has 0 spiro atoms. The smallest absolute Gasteiger partial charge is 0.315 e. The van der Waals surface area contributed by atoms with Gasteiger partial charge in [-0.3, -0.25) is 10.1 Å². The maximum absolute atomic E-state index is 11.3. The molecule has 1 aromatic heterocycles. The molecule has 24 heavy (non-hydrogen) atoms. The molecule has 0 aliphatic heterocycles. The number of rotatable bonds is 5. The lowest BCUT2D eigenvalue weighted by Gasteiger charge is -2.09. The average Bonchev–Trinajstić information content (AvgIpc) is 3.03. The third-order valence-corrected chi connectivity index (χ3v) is 3.62. The molecule has 0 atom stereocenters. The van der Waals surface area contributed by atoms with E-state index in [1.807, 2.05) is 6.07 Å². The summed E-state index contributed by atoms with van der Waals surface area (Å²) in [6.07, 6.45) is 0. The summed E-state index contributed by atoms with van der Waals surface area (Å²) in [5.74, 6) is 1.52. The zero-order valence-electron chi connectivity index (χ0n) is 13.3. The van der Waals surface area contributed by atoms with E-state index in [0.717, 1.165) is 11.0 Å². The first kappa shape index (κ1) is 15.6. The lowest BCUT2D eigenvalue weighted by Crippen LogP contribution is -1.98. The van der Waals surface area contributed by atoms with Crippen molar-refractivity contribution in [3.8, 4) is 28.6 Å². The number of methoxy groups -OCH3 is 3. The number of hydrogen-bond acceptors (Lipinski definition) is 6. The van der Waals surface area contributed by atoms with Gasteiger partial charge < -0.3 is 19.2 Å². The number of benzene rings is 2. The van der Waals surface area contributed by atoms with Crippen LogP contribution in [0.3, 0.4) is 0 Å². The number of nitrogens with one attached hydrogen (secondary N) is 1. The van der Waals surface area contributed by atoms with Crippen LogP contribution in [-0.2, 0) is 0 Å². The number of H-pyrrole nitrogens is 1. The van der Waals surface area contributed by atoms with Crippen molar-refractivity contribution >= 4 is 16.7 Å². The quantitative estimate of drug-likeness (QED) is 0.570. The van der Waals surface area contributed by atoms with E-state index >= 15 is 0 Å². The minimum atomic E-state index is -0.517. The summed E-state index contributed by atoms with van der Waals surface area (Å²) in [6.45, 7) is 0. The molecule has 0 aliphatic rings. The van der Waals surface area contributed by atoms with Gasteiger partial charge in [0.25, 0.3) is 0 Å². The van der Waals surface area contributed by atoms with Gasteiger partial charge in [0.15, 0.2) is 5.75 Å². The second-order valence-electron chi connectivity index (χ2n) is 4.96. The Labute approximate surface area is 137 Å². The highest BCUT2D eigenvalue weighted by Crippen LogP contribution is 2.40. The van der Waals surface area contributed by atoms with Gasteiger partial charge in [0, 0.05) is 17.7 Å². The van der Waals surface area contributed by atoms with Gasteiger partial charge in [-0.2, -0.15) is 0 Å². The number of aromatic amines is 1. The minimum Gasteiger partial charge on any atom is -0.497 e. The molecule has 3 aromatic rings. The van der Waals surface area contributed by atoms with E-state index < -0.39 is 4.92 Å². The number of fused-ring (bicyclic) bond motifs is 1. The molecule has 0 saturated heterocycles. The molecule has 3 rings (SSSR count). The van der Waals surface area contributed by atoms with Crippen molar-refractivity contribution in [2.75, 3.05) is 21.3 Å². The predicted molar refractivity (Wildman–Crippen MR) is 87.8 cm³/mol. The lowest BCUT2D eigenvalue weighted by atomic mass is 10.1. The van der Waals surface area contributed by atoms with Crippen molar-refractivity contribution in [2.24, 2.45) is 0 Å². The van der Waals surface area contributed by atoms with Gasteiger partial charge in [0.1, 0.15) is 11.6 Å².